The number of rotatable bonds is 4. The molecule has 7 nitrogen and oxygen atoms in total. The van der Waals surface area contributed by atoms with Crippen LogP contribution in [0.4, 0.5) is 13.6 Å². The lowest BCUT2D eigenvalue weighted by Gasteiger charge is -2.29. The van der Waals surface area contributed by atoms with Crippen LogP contribution in [0.15, 0.2) is 24.4 Å². The molecule has 166 valence electrons. The van der Waals surface area contributed by atoms with E-state index < -0.39 is 23.3 Å². The Bertz CT molecular complexity index is 1010. The van der Waals surface area contributed by atoms with E-state index in [1.54, 1.807) is 40.0 Å². The number of aromatic nitrogens is 3. The Morgan fingerprint density at radius 3 is 2.52 bits per heavy atom. The van der Waals surface area contributed by atoms with Crippen molar-refractivity contribution in [1.82, 2.24) is 25.2 Å². The highest BCUT2D eigenvalue weighted by Crippen LogP contribution is 2.29. The van der Waals surface area contributed by atoms with Crippen LogP contribution in [0, 0.1) is 11.6 Å². The molecular formula is C21H25F2N5O2S. The van der Waals surface area contributed by atoms with Gasteiger partial charge in [0.15, 0.2) is 0 Å². The largest absolute Gasteiger partial charge is 0.444 e. The molecule has 10 heteroatoms. The van der Waals surface area contributed by atoms with Gasteiger partial charge in [0.2, 0.25) is 0 Å². The van der Waals surface area contributed by atoms with Crippen molar-refractivity contribution in [2.24, 2.45) is 0 Å². The molecule has 1 amide bonds. The zero-order chi connectivity index (χ0) is 22.8. The van der Waals surface area contributed by atoms with Crippen molar-refractivity contribution >= 4 is 28.9 Å². The molecule has 2 heterocycles. The van der Waals surface area contributed by atoms with Gasteiger partial charge in [-0.25, -0.2) is 18.3 Å². The van der Waals surface area contributed by atoms with E-state index in [9.17, 15) is 13.6 Å². The Morgan fingerprint density at radius 2 is 1.97 bits per heavy atom. The fourth-order valence-electron chi connectivity index (χ4n) is 3.11. The van der Waals surface area contributed by atoms with Crippen molar-refractivity contribution in [2.75, 3.05) is 13.1 Å². The lowest BCUT2D eigenvalue weighted by atomic mass is 9.98. The Kier molecular flexibility index (Phi) is 6.68. The number of halogens is 2. The third kappa shape index (κ3) is 5.84. The van der Waals surface area contributed by atoms with Crippen molar-refractivity contribution in [3.63, 3.8) is 0 Å². The second-order valence-electron chi connectivity index (χ2n) is 8.25. The van der Waals surface area contributed by atoms with Gasteiger partial charge in [0.1, 0.15) is 22.9 Å². The summed E-state index contributed by atoms with van der Waals surface area (Å²) in [6, 6.07) is 2.44. The Hall–Kier alpha value is -2.88. The van der Waals surface area contributed by atoms with Gasteiger partial charge < -0.3 is 15.0 Å². The maximum absolute atomic E-state index is 14.8. The predicted octanol–water partition coefficient (Wildman–Crippen LogP) is 4.01. The van der Waals surface area contributed by atoms with Gasteiger partial charge in [-0.1, -0.05) is 23.5 Å². The van der Waals surface area contributed by atoms with Crippen LogP contribution in [0.5, 0.6) is 0 Å². The molecule has 0 saturated carbocycles. The summed E-state index contributed by atoms with van der Waals surface area (Å²) in [5.41, 5.74) is 0.636. The number of amides is 1. The number of carbonyl (C=O) groups excluding carboxylic acids is 1. The lowest BCUT2D eigenvalue weighted by molar-refractivity contribution is 0.0270. The highest BCUT2D eigenvalue weighted by molar-refractivity contribution is 7.80. The van der Waals surface area contributed by atoms with E-state index >= 15 is 0 Å². The van der Waals surface area contributed by atoms with Gasteiger partial charge in [0.25, 0.3) is 0 Å². The van der Waals surface area contributed by atoms with E-state index in [2.05, 4.69) is 15.6 Å². The van der Waals surface area contributed by atoms with Crippen LogP contribution >= 0.6 is 12.2 Å². The zero-order valence-corrected chi connectivity index (χ0v) is 18.7. The molecule has 1 N–H and O–H groups in total. The monoisotopic (exact) mass is 449 g/mol. The van der Waals surface area contributed by atoms with Crippen molar-refractivity contribution < 1.29 is 18.3 Å². The summed E-state index contributed by atoms with van der Waals surface area (Å²) in [5, 5.41) is 10.8. The Morgan fingerprint density at radius 1 is 1.29 bits per heavy atom. The zero-order valence-electron chi connectivity index (χ0n) is 17.9. The Labute approximate surface area is 185 Å². The summed E-state index contributed by atoms with van der Waals surface area (Å²) >= 11 is 4.95. The number of nitrogens with zero attached hydrogens (tertiary/aromatic N) is 4. The third-order valence-electron chi connectivity index (χ3n) is 4.53. The first-order chi connectivity index (χ1) is 14.5. The number of ether oxygens (including phenoxy) is 1. The van der Waals surface area contributed by atoms with E-state index in [0.29, 0.717) is 35.8 Å². The van der Waals surface area contributed by atoms with E-state index in [4.69, 9.17) is 17.0 Å². The summed E-state index contributed by atoms with van der Waals surface area (Å²) in [6.07, 6.45) is 3.11. The smallest absolute Gasteiger partial charge is 0.410 e. The van der Waals surface area contributed by atoms with Crippen LogP contribution in [0.25, 0.3) is 11.3 Å². The maximum atomic E-state index is 14.8. The molecule has 0 radical (unpaired) electrons. The number of nitrogens with one attached hydrogen (secondary N) is 1. The maximum Gasteiger partial charge on any atom is 0.410 e. The number of carbonyl (C=O) groups is 1. The summed E-state index contributed by atoms with van der Waals surface area (Å²) in [5.74, 6) is -1.39. The van der Waals surface area contributed by atoms with Crippen molar-refractivity contribution in [2.45, 2.75) is 46.3 Å². The van der Waals surface area contributed by atoms with Gasteiger partial charge in [-0.15, -0.1) is 5.10 Å². The minimum absolute atomic E-state index is 0.0917. The minimum atomic E-state index is -0.697. The summed E-state index contributed by atoms with van der Waals surface area (Å²) in [4.78, 5) is 14.3. The van der Waals surface area contributed by atoms with Gasteiger partial charge >= 0.3 is 6.09 Å². The highest BCUT2D eigenvalue weighted by Gasteiger charge is 2.26. The standard InChI is InChI=1S/C21H25F2N5O2S/c1-13(31)24-11-15-12-28(26-25-15)16-9-17(22)19(18(23)10-16)14-5-7-27(8-6-14)20(29)30-21(2,3)4/h5,9-10,12H,6-8,11H2,1-4H3,(H,24,31). The van der Waals surface area contributed by atoms with Gasteiger partial charge in [0.05, 0.1) is 23.4 Å². The van der Waals surface area contributed by atoms with Crippen LogP contribution in [0.3, 0.4) is 0 Å². The molecule has 0 unspecified atom stereocenters. The average Bonchev–Trinajstić information content (AvgIpc) is 3.14. The molecule has 0 aliphatic carbocycles. The highest BCUT2D eigenvalue weighted by atomic mass is 32.1. The Balaban J connectivity index is 1.76. The van der Waals surface area contributed by atoms with Gasteiger partial charge in [-0.3, -0.25) is 0 Å². The van der Waals surface area contributed by atoms with E-state index in [1.165, 1.54) is 21.7 Å². The number of hydrogen-bond donors (Lipinski definition) is 1. The molecule has 0 spiro atoms. The first-order valence-corrected chi connectivity index (χ1v) is 10.3. The quantitative estimate of drug-likeness (QED) is 0.712. The molecule has 0 bridgehead atoms. The third-order valence-corrected chi connectivity index (χ3v) is 4.68. The first-order valence-electron chi connectivity index (χ1n) is 9.86. The second-order valence-corrected chi connectivity index (χ2v) is 8.87. The molecule has 31 heavy (non-hydrogen) atoms. The summed E-state index contributed by atoms with van der Waals surface area (Å²) in [6.45, 7) is 8.03. The van der Waals surface area contributed by atoms with E-state index in [1.807, 2.05) is 0 Å². The van der Waals surface area contributed by atoms with Crippen LogP contribution in [0.2, 0.25) is 0 Å². The molecule has 1 aliphatic heterocycles. The molecule has 0 fully saturated rings. The van der Waals surface area contributed by atoms with E-state index in [0.717, 1.165) is 0 Å². The second kappa shape index (κ2) is 9.09. The fraction of sp³-hybridized carbons (Fsp3) is 0.429. The predicted molar refractivity (Wildman–Crippen MR) is 117 cm³/mol. The lowest BCUT2D eigenvalue weighted by Crippen LogP contribution is -2.39. The topological polar surface area (TPSA) is 72.3 Å². The number of thiocarbonyl (C=S) groups is 1. The molecule has 0 saturated heterocycles. The van der Waals surface area contributed by atoms with Gasteiger partial charge in [0, 0.05) is 30.8 Å². The molecule has 1 aromatic carbocycles. The summed E-state index contributed by atoms with van der Waals surface area (Å²) in [7, 11) is 0. The molecule has 0 atom stereocenters. The SMILES string of the molecule is CC(=S)NCc1cn(-c2cc(F)c(C3=CCN(C(=O)OC(C)(C)C)CC3)c(F)c2)nn1. The van der Waals surface area contributed by atoms with Gasteiger partial charge in [-0.2, -0.15) is 0 Å². The molecular weight excluding hydrogens is 424 g/mol. The van der Waals surface area contributed by atoms with Crippen LogP contribution in [0.1, 0.15) is 45.4 Å². The van der Waals surface area contributed by atoms with Crippen LogP contribution in [-0.2, 0) is 11.3 Å². The minimum Gasteiger partial charge on any atom is -0.444 e. The van der Waals surface area contributed by atoms with Crippen LogP contribution in [-0.4, -0.2) is 49.7 Å². The van der Waals surface area contributed by atoms with Gasteiger partial charge in [-0.05, 0) is 39.7 Å². The number of benzene rings is 1. The van der Waals surface area contributed by atoms with Crippen molar-refractivity contribution in [3.8, 4) is 5.69 Å². The molecule has 1 aromatic heterocycles. The van der Waals surface area contributed by atoms with Crippen molar-refractivity contribution in [1.29, 1.82) is 0 Å². The summed E-state index contributed by atoms with van der Waals surface area (Å²) < 4.78 is 36.3. The van der Waals surface area contributed by atoms with E-state index in [-0.39, 0.29) is 17.8 Å². The van der Waals surface area contributed by atoms with Crippen LogP contribution < -0.4 is 5.32 Å². The molecule has 2 aromatic rings. The van der Waals surface area contributed by atoms with Crippen molar-refractivity contribution in [3.05, 3.63) is 47.3 Å². The fourth-order valence-corrected chi connectivity index (χ4v) is 3.18. The first kappa shape index (κ1) is 22.8. The average molecular weight is 450 g/mol. The molecule has 1 aliphatic rings. The number of hydrogen-bond acceptors (Lipinski definition) is 5. The molecule has 3 rings (SSSR count). The normalized spacial score (nSPS) is 14.3.